The summed E-state index contributed by atoms with van der Waals surface area (Å²) in [5.74, 6) is 1.30. The van der Waals surface area contributed by atoms with Gasteiger partial charge in [0.1, 0.15) is 5.82 Å². The van der Waals surface area contributed by atoms with Crippen molar-refractivity contribution in [1.29, 1.82) is 0 Å². The molecule has 1 atom stereocenters. The van der Waals surface area contributed by atoms with Gasteiger partial charge in [-0.3, -0.25) is 19.1 Å². The van der Waals surface area contributed by atoms with Crippen LogP contribution < -0.4 is 10.9 Å². The predicted octanol–water partition coefficient (Wildman–Crippen LogP) is 2.60. The van der Waals surface area contributed by atoms with E-state index < -0.39 is 0 Å². The van der Waals surface area contributed by atoms with E-state index in [4.69, 9.17) is 9.72 Å². The average molecular weight is 427 g/mol. The Bertz CT molecular complexity index is 985. The second kappa shape index (κ2) is 9.92. The van der Waals surface area contributed by atoms with Crippen LogP contribution in [0.2, 0.25) is 0 Å². The van der Waals surface area contributed by atoms with Gasteiger partial charge in [-0.25, -0.2) is 4.98 Å². The molecule has 1 saturated heterocycles. The number of nitrogens with zero attached hydrogens (tertiary/aromatic N) is 3. The van der Waals surface area contributed by atoms with Gasteiger partial charge in [0.2, 0.25) is 0 Å². The highest BCUT2D eigenvalue weighted by molar-refractivity contribution is 5.97. The molecule has 7 heteroatoms. The van der Waals surface area contributed by atoms with Crippen LogP contribution in [0, 0.1) is 5.92 Å². The number of aryl methyl sites for hydroxylation is 1. The van der Waals surface area contributed by atoms with E-state index in [1.54, 1.807) is 18.2 Å². The maximum absolute atomic E-state index is 13.0. The van der Waals surface area contributed by atoms with Crippen molar-refractivity contribution in [2.75, 3.05) is 32.8 Å². The molecule has 2 aliphatic rings. The van der Waals surface area contributed by atoms with Gasteiger partial charge in [-0.15, -0.1) is 0 Å². The summed E-state index contributed by atoms with van der Waals surface area (Å²) in [6.07, 6.45) is 5.20. The molecule has 1 N–H and O–H groups in total. The molecule has 0 saturated carbocycles. The second-order valence-corrected chi connectivity index (χ2v) is 9.24. The molecular weight excluding hydrogens is 392 g/mol. The van der Waals surface area contributed by atoms with Crippen LogP contribution in [0.15, 0.2) is 23.0 Å². The lowest BCUT2D eigenvalue weighted by atomic mass is 10.1. The third kappa shape index (κ3) is 5.33. The molecule has 1 aromatic heterocycles. The first-order valence-electron chi connectivity index (χ1n) is 11.7. The molecule has 0 bridgehead atoms. The number of benzene rings is 1. The van der Waals surface area contributed by atoms with Crippen molar-refractivity contribution in [1.82, 2.24) is 19.8 Å². The summed E-state index contributed by atoms with van der Waals surface area (Å²) in [6, 6.07) is 5.22. The van der Waals surface area contributed by atoms with Gasteiger partial charge in [0.15, 0.2) is 0 Å². The maximum atomic E-state index is 13.0. The van der Waals surface area contributed by atoms with Crippen molar-refractivity contribution >= 4 is 16.8 Å². The first-order chi connectivity index (χ1) is 15.0. The lowest BCUT2D eigenvalue weighted by Gasteiger charge is -2.33. The molecule has 2 aromatic rings. The van der Waals surface area contributed by atoms with Crippen molar-refractivity contribution < 1.29 is 9.53 Å². The number of nitrogens with one attached hydrogen (secondary N) is 1. The first-order valence-corrected chi connectivity index (χ1v) is 11.7. The number of ether oxygens (including phenoxy) is 1. The summed E-state index contributed by atoms with van der Waals surface area (Å²) in [5, 5.41) is 3.58. The summed E-state index contributed by atoms with van der Waals surface area (Å²) >= 11 is 0. The van der Waals surface area contributed by atoms with Crippen molar-refractivity contribution in [2.45, 2.75) is 58.6 Å². The van der Waals surface area contributed by atoms with Gasteiger partial charge in [0.05, 0.1) is 23.6 Å². The van der Waals surface area contributed by atoms with Crippen LogP contribution >= 0.6 is 0 Å². The Balaban J connectivity index is 1.46. The van der Waals surface area contributed by atoms with Gasteiger partial charge in [0.25, 0.3) is 11.5 Å². The van der Waals surface area contributed by atoms with Crippen LogP contribution in [0.5, 0.6) is 0 Å². The number of fused-ring (bicyclic) bond motifs is 2. The molecule has 1 aromatic carbocycles. The molecule has 0 radical (unpaired) electrons. The third-order valence-electron chi connectivity index (χ3n) is 6.17. The highest BCUT2D eigenvalue weighted by Crippen LogP contribution is 2.16. The SMILES string of the molecule is CC(C)CN1CCOC(CNC(=O)c2ccc3c(=O)n4c(nc3c2)CCCCCC4)C1. The van der Waals surface area contributed by atoms with Crippen LogP contribution in [0.3, 0.4) is 0 Å². The van der Waals surface area contributed by atoms with E-state index in [0.717, 1.165) is 57.7 Å². The molecule has 4 rings (SSSR count). The second-order valence-electron chi connectivity index (χ2n) is 9.24. The van der Waals surface area contributed by atoms with Gasteiger partial charge < -0.3 is 10.1 Å². The lowest BCUT2D eigenvalue weighted by molar-refractivity contribution is -0.0295. The minimum Gasteiger partial charge on any atom is -0.374 e. The third-order valence-corrected chi connectivity index (χ3v) is 6.17. The monoisotopic (exact) mass is 426 g/mol. The van der Waals surface area contributed by atoms with Gasteiger partial charge in [0, 0.05) is 44.7 Å². The van der Waals surface area contributed by atoms with Crippen molar-refractivity contribution in [3.63, 3.8) is 0 Å². The quantitative estimate of drug-likeness (QED) is 0.795. The largest absolute Gasteiger partial charge is 0.374 e. The number of hydrogen-bond donors (Lipinski definition) is 1. The fraction of sp³-hybridized carbons (Fsp3) is 0.625. The number of amides is 1. The fourth-order valence-corrected chi connectivity index (χ4v) is 4.63. The van der Waals surface area contributed by atoms with Crippen LogP contribution in [-0.4, -0.2) is 59.2 Å². The molecule has 7 nitrogen and oxygen atoms in total. The summed E-state index contributed by atoms with van der Waals surface area (Å²) in [6.45, 7) is 9.16. The highest BCUT2D eigenvalue weighted by Gasteiger charge is 2.22. The number of morpholine rings is 1. The number of hydrogen-bond acceptors (Lipinski definition) is 5. The Kier molecular flexibility index (Phi) is 7.02. The molecule has 168 valence electrons. The molecule has 1 fully saturated rings. The maximum Gasteiger partial charge on any atom is 0.261 e. The molecule has 1 unspecified atom stereocenters. The number of aromatic nitrogens is 2. The Morgan fingerprint density at radius 1 is 1.23 bits per heavy atom. The highest BCUT2D eigenvalue weighted by atomic mass is 16.5. The Morgan fingerprint density at radius 3 is 2.90 bits per heavy atom. The summed E-state index contributed by atoms with van der Waals surface area (Å²) in [4.78, 5) is 32.9. The number of carbonyl (C=O) groups excluding carboxylic acids is 1. The van der Waals surface area contributed by atoms with E-state index in [0.29, 0.717) is 35.5 Å². The smallest absolute Gasteiger partial charge is 0.261 e. The molecule has 31 heavy (non-hydrogen) atoms. The Morgan fingerprint density at radius 2 is 2.06 bits per heavy atom. The van der Waals surface area contributed by atoms with Crippen LogP contribution in [0.4, 0.5) is 0 Å². The minimum absolute atomic E-state index is 0.000574. The van der Waals surface area contributed by atoms with Gasteiger partial charge in [-0.1, -0.05) is 26.7 Å². The number of rotatable bonds is 5. The topological polar surface area (TPSA) is 76.5 Å². The number of carbonyl (C=O) groups is 1. The first kappa shape index (κ1) is 22.0. The van der Waals surface area contributed by atoms with E-state index in [1.165, 1.54) is 6.42 Å². The molecule has 1 amide bonds. The van der Waals surface area contributed by atoms with Gasteiger partial charge in [-0.05, 0) is 37.0 Å². The molecular formula is C24H34N4O3. The molecule has 2 aliphatic heterocycles. The normalized spacial score (nSPS) is 20.3. The summed E-state index contributed by atoms with van der Waals surface area (Å²) < 4.78 is 7.66. The average Bonchev–Trinajstić information content (AvgIpc) is 2.73. The molecule has 0 aliphatic carbocycles. The lowest BCUT2D eigenvalue weighted by Crippen LogP contribution is -2.48. The Hall–Kier alpha value is -2.25. The zero-order valence-corrected chi connectivity index (χ0v) is 18.7. The zero-order chi connectivity index (χ0) is 21.8. The van der Waals surface area contributed by atoms with E-state index in [9.17, 15) is 9.59 Å². The van der Waals surface area contributed by atoms with Gasteiger partial charge >= 0.3 is 0 Å². The zero-order valence-electron chi connectivity index (χ0n) is 18.7. The van der Waals surface area contributed by atoms with Crippen LogP contribution in [0.1, 0.15) is 55.7 Å². The van der Waals surface area contributed by atoms with E-state index in [1.807, 2.05) is 4.57 Å². The molecule has 3 heterocycles. The van der Waals surface area contributed by atoms with Gasteiger partial charge in [-0.2, -0.15) is 0 Å². The van der Waals surface area contributed by atoms with E-state index in [2.05, 4.69) is 24.1 Å². The summed E-state index contributed by atoms with van der Waals surface area (Å²) in [5.41, 5.74) is 1.15. The minimum atomic E-state index is -0.153. The van der Waals surface area contributed by atoms with E-state index in [-0.39, 0.29) is 17.6 Å². The predicted molar refractivity (Wildman–Crippen MR) is 122 cm³/mol. The van der Waals surface area contributed by atoms with Crippen LogP contribution in [0.25, 0.3) is 10.9 Å². The fourth-order valence-electron chi connectivity index (χ4n) is 4.63. The van der Waals surface area contributed by atoms with E-state index >= 15 is 0 Å². The van der Waals surface area contributed by atoms with Crippen molar-refractivity contribution in [2.24, 2.45) is 5.92 Å². The Labute approximate surface area is 183 Å². The summed E-state index contributed by atoms with van der Waals surface area (Å²) in [7, 11) is 0. The molecule has 0 spiro atoms. The van der Waals surface area contributed by atoms with Crippen molar-refractivity contribution in [3.05, 3.63) is 39.9 Å². The van der Waals surface area contributed by atoms with Crippen LogP contribution in [-0.2, 0) is 17.7 Å². The van der Waals surface area contributed by atoms with Crippen molar-refractivity contribution in [3.8, 4) is 0 Å². The standard InChI is InChI=1S/C24H34N4O3/c1-17(2)15-27-11-12-31-19(16-27)14-25-23(29)18-8-9-20-21(13-18)26-22-7-5-3-4-6-10-28(22)24(20)30/h8-9,13,17,19H,3-7,10-12,14-16H2,1-2H3,(H,25,29).